The SMILES string of the molecule is COc1ccc(N(C)C[C@@H]2CC[C@@H](CCB(O)O)C[C@]2(N)C(=O)O)cc1. The summed E-state index contributed by atoms with van der Waals surface area (Å²) in [6, 6.07) is 7.61. The van der Waals surface area contributed by atoms with Crippen molar-refractivity contribution in [2.75, 3.05) is 25.6 Å². The quantitative estimate of drug-likeness (QED) is 0.512. The van der Waals surface area contributed by atoms with Crippen LogP contribution in [0.4, 0.5) is 5.69 Å². The number of benzene rings is 1. The van der Waals surface area contributed by atoms with Gasteiger partial charge in [0.2, 0.25) is 0 Å². The highest BCUT2D eigenvalue weighted by Crippen LogP contribution is 2.39. The van der Waals surface area contributed by atoms with Crippen LogP contribution in [-0.4, -0.2) is 54.5 Å². The summed E-state index contributed by atoms with van der Waals surface area (Å²) >= 11 is 0. The molecular formula is C18H29BN2O5. The van der Waals surface area contributed by atoms with Crippen molar-refractivity contribution in [3.8, 4) is 5.75 Å². The lowest BCUT2D eigenvalue weighted by Crippen LogP contribution is -2.59. The molecule has 3 atom stereocenters. The van der Waals surface area contributed by atoms with Crippen LogP contribution in [-0.2, 0) is 4.79 Å². The minimum atomic E-state index is -1.36. The second-order valence-electron chi connectivity index (χ2n) is 7.33. The van der Waals surface area contributed by atoms with Gasteiger partial charge in [-0.1, -0.05) is 6.42 Å². The van der Waals surface area contributed by atoms with Gasteiger partial charge in [-0.3, -0.25) is 4.79 Å². The van der Waals surface area contributed by atoms with Crippen LogP contribution in [0.1, 0.15) is 25.7 Å². The van der Waals surface area contributed by atoms with Crippen molar-refractivity contribution < 1.29 is 24.7 Å². The Morgan fingerprint density at radius 1 is 1.35 bits per heavy atom. The summed E-state index contributed by atoms with van der Waals surface area (Å²) in [4.78, 5) is 13.9. The third-order valence-electron chi connectivity index (χ3n) is 5.52. The third-order valence-corrected chi connectivity index (χ3v) is 5.52. The standard InChI is InChI=1S/C18H29BN2O5/c1-21(15-5-7-16(26-2)8-6-15)12-14-4-3-13(9-10-19(24)25)11-18(14,20)17(22)23/h5-8,13-14,24-25H,3-4,9-12,20H2,1-2H3,(H,22,23)/t13-,14-,18+/m0/s1. The Kier molecular flexibility index (Phi) is 6.91. The molecule has 1 saturated carbocycles. The molecule has 0 aliphatic heterocycles. The lowest BCUT2D eigenvalue weighted by atomic mass is 9.66. The van der Waals surface area contributed by atoms with Crippen LogP contribution in [0.2, 0.25) is 6.32 Å². The molecule has 1 aliphatic rings. The van der Waals surface area contributed by atoms with E-state index in [9.17, 15) is 9.90 Å². The number of carbonyl (C=O) groups is 1. The molecule has 26 heavy (non-hydrogen) atoms. The molecule has 0 unspecified atom stereocenters. The Hall–Kier alpha value is -1.77. The van der Waals surface area contributed by atoms with Crippen LogP contribution in [0.15, 0.2) is 24.3 Å². The van der Waals surface area contributed by atoms with Crippen LogP contribution < -0.4 is 15.4 Å². The molecule has 0 radical (unpaired) electrons. The van der Waals surface area contributed by atoms with Crippen molar-refractivity contribution in [1.29, 1.82) is 0 Å². The molecule has 1 fully saturated rings. The zero-order valence-electron chi connectivity index (χ0n) is 15.5. The number of hydrogen-bond donors (Lipinski definition) is 4. The van der Waals surface area contributed by atoms with E-state index in [-0.39, 0.29) is 18.2 Å². The van der Waals surface area contributed by atoms with Crippen LogP contribution in [0.3, 0.4) is 0 Å². The summed E-state index contributed by atoms with van der Waals surface area (Å²) in [5.74, 6) is -0.296. The van der Waals surface area contributed by atoms with Gasteiger partial charge < -0.3 is 30.5 Å². The second kappa shape index (κ2) is 8.75. The predicted molar refractivity (Wildman–Crippen MR) is 101 cm³/mol. The predicted octanol–water partition coefficient (Wildman–Crippen LogP) is 1.19. The van der Waals surface area contributed by atoms with Gasteiger partial charge in [0, 0.05) is 25.2 Å². The summed E-state index contributed by atoms with van der Waals surface area (Å²) in [7, 11) is 2.19. The molecule has 0 amide bonds. The van der Waals surface area contributed by atoms with Gasteiger partial charge in [0.05, 0.1) is 7.11 Å². The Bertz CT molecular complexity index is 598. The highest BCUT2D eigenvalue weighted by molar-refractivity contribution is 6.40. The zero-order chi connectivity index (χ0) is 19.3. The Morgan fingerprint density at radius 2 is 2.00 bits per heavy atom. The molecule has 144 valence electrons. The highest BCUT2D eigenvalue weighted by atomic mass is 16.5. The number of ether oxygens (including phenoxy) is 1. The molecule has 0 bridgehead atoms. The molecule has 0 saturated heterocycles. The van der Waals surface area contributed by atoms with Crippen LogP contribution in [0, 0.1) is 11.8 Å². The van der Waals surface area contributed by atoms with Gasteiger partial charge in [-0.15, -0.1) is 0 Å². The van der Waals surface area contributed by atoms with Crippen molar-refractivity contribution in [2.45, 2.75) is 37.5 Å². The van der Waals surface area contributed by atoms with Gasteiger partial charge in [0.1, 0.15) is 11.3 Å². The van der Waals surface area contributed by atoms with Crippen LogP contribution in [0.5, 0.6) is 5.75 Å². The topological polar surface area (TPSA) is 116 Å². The number of methoxy groups -OCH3 is 1. The largest absolute Gasteiger partial charge is 0.497 e. The van der Waals surface area contributed by atoms with E-state index in [1.807, 2.05) is 36.2 Å². The third kappa shape index (κ3) is 4.90. The minimum absolute atomic E-state index is 0.0976. The zero-order valence-corrected chi connectivity index (χ0v) is 15.5. The summed E-state index contributed by atoms with van der Waals surface area (Å²) in [5.41, 5.74) is 6.02. The fourth-order valence-electron chi connectivity index (χ4n) is 3.86. The Labute approximate surface area is 154 Å². The first-order valence-electron chi connectivity index (χ1n) is 9.00. The van der Waals surface area contributed by atoms with Crippen molar-refractivity contribution >= 4 is 18.8 Å². The van der Waals surface area contributed by atoms with E-state index in [0.717, 1.165) is 17.9 Å². The van der Waals surface area contributed by atoms with Crippen molar-refractivity contribution in [2.24, 2.45) is 17.6 Å². The molecule has 8 heteroatoms. The molecule has 1 aromatic rings. The Balaban J connectivity index is 2.05. The average Bonchev–Trinajstić information content (AvgIpc) is 2.61. The molecule has 0 heterocycles. The minimum Gasteiger partial charge on any atom is -0.497 e. The average molecular weight is 364 g/mol. The van der Waals surface area contributed by atoms with E-state index in [4.69, 9.17) is 20.5 Å². The van der Waals surface area contributed by atoms with Crippen molar-refractivity contribution in [3.05, 3.63) is 24.3 Å². The summed E-state index contributed by atoms with van der Waals surface area (Å²) < 4.78 is 5.16. The fraction of sp³-hybridized carbons (Fsp3) is 0.611. The lowest BCUT2D eigenvalue weighted by molar-refractivity contribution is -0.147. The summed E-state index contributed by atoms with van der Waals surface area (Å²) in [6.45, 7) is 0.546. The van der Waals surface area contributed by atoms with E-state index < -0.39 is 18.6 Å². The second-order valence-corrected chi connectivity index (χ2v) is 7.33. The smallest absolute Gasteiger partial charge is 0.451 e. The maximum atomic E-state index is 11.9. The van der Waals surface area contributed by atoms with Gasteiger partial charge in [0.15, 0.2) is 0 Å². The van der Waals surface area contributed by atoms with Crippen LogP contribution in [0.25, 0.3) is 0 Å². The van der Waals surface area contributed by atoms with Gasteiger partial charge in [-0.25, -0.2) is 0 Å². The maximum Gasteiger partial charge on any atom is 0.451 e. The van der Waals surface area contributed by atoms with Gasteiger partial charge >= 0.3 is 13.1 Å². The van der Waals surface area contributed by atoms with Crippen LogP contribution >= 0.6 is 0 Å². The number of aliphatic carboxylic acids is 1. The number of hydrogen-bond acceptors (Lipinski definition) is 6. The molecule has 7 nitrogen and oxygen atoms in total. The van der Waals surface area contributed by atoms with Gasteiger partial charge in [-0.05, 0) is 55.8 Å². The first-order valence-corrected chi connectivity index (χ1v) is 9.00. The highest BCUT2D eigenvalue weighted by Gasteiger charge is 2.47. The number of carboxylic acids is 1. The normalized spacial score (nSPS) is 25.6. The Morgan fingerprint density at radius 3 is 2.54 bits per heavy atom. The van der Waals surface area contributed by atoms with E-state index >= 15 is 0 Å². The van der Waals surface area contributed by atoms with E-state index in [0.29, 0.717) is 25.8 Å². The summed E-state index contributed by atoms with van der Waals surface area (Å²) in [5, 5.41) is 27.9. The molecule has 2 rings (SSSR count). The molecule has 0 aromatic heterocycles. The molecule has 1 aromatic carbocycles. The van der Waals surface area contributed by atoms with Crippen molar-refractivity contribution in [1.82, 2.24) is 0 Å². The monoisotopic (exact) mass is 364 g/mol. The van der Waals surface area contributed by atoms with Crippen molar-refractivity contribution in [3.63, 3.8) is 0 Å². The summed E-state index contributed by atoms with van der Waals surface area (Å²) in [6.07, 6.45) is 2.73. The first-order chi connectivity index (χ1) is 12.3. The van der Waals surface area contributed by atoms with Gasteiger partial charge in [0.25, 0.3) is 0 Å². The van der Waals surface area contributed by atoms with E-state index in [1.165, 1.54) is 0 Å². The van der Waals surface area contributed by atoms with E-state index in [2.05, 4.69) is 0 Å². The first kappa shape index (κ1) is 20.5. The number of nitrogens with zero attached hydrogens (tertiary/aromatic N) is 1. The molecule has 5 N–H and O–H groups in total. The van der Waals surface area contributed by atoms with E-state index in [1.54, 1.807) is 7.11 Å². The number of rotatable bonds is 8. The number of anilines is 1. The lowest BCUT2D eigenvalue weighted by Gasteiger charge is -2.43. The molecular weight excluding hydrogens is 335 g/mol. The molecule has 0 spiro atoms. The fourth-order valence-corrected chi connectivity index (χ4v) is 3.86. The maximum absolute atomic E-state index is 11.9. The van der Waals surface area contributed by atoms with Gasteiger partial charge in [-0.2, -0.15) is 0 Å². The number of nitrogens with two attached hydrogens (primary N) is 1. The molecule has 1 aliphatic carbocycles. The number of carboxylic acid groups (broad SMARTS) is 1.